The average Bonchev–Trinajstić information content (AvgIpc) is 3.23. The number of carbonyl (C=O) groups is 3. The number of piperidine rings is 1. The Labute approximate surface area is 212 Å². The number of nitrogens with zero attached hydrogens (tertiary/aromatic N) is 2. The summed E-state index contributed by atoms with van der Waals surface area (Å²) in [7, 11) is 0. The molecular formula is C28H34N4O4. The lowest BCUT2D eigenvalue weighted by atomic mass is 10.1. The van der Waals surface area contributed by atoms with E-state index in [1.165, 1.54) is 5.56 Å². The van der Waals surface area contributed by atoms with Crippen molar-refractivity contribution in [3.63, 3.8) is 0 Å². The first-order chi connectivity index (χ1) is 17.5. The number of rotatable bonds is 8. The number of fused-ring (bicyclic) bond motifs is 1. The van der Waals surface area contributed by atoms with E-state index in [-0.39, 0.29) is 23.8 Å². The highest BCUT2D eigenvalue weighted by atomic mass is 16.5. The van der Waals surface area contributed by atoms with Gasteiger partial charge in [-0.05, 0) is 41.2 Å². The van der Waals surface area contributed by atoms with E-state index < -0.39 is 0 Å². The zero-order chi connectivity index (χ0) is 24.9. The fraction of sp³-hybridized carbons (Fsp3) is 0.464. The molecule has 0 spiro atoms. The second-order valence-electron chi connectivity index (χ2n) is 9.90. The number of ether oxygens (including phenoxy) is 1. The van der Waals surface area contributed by atoms with Crippen molar-refractivity contribution in [1.82, 2.24) is 20.4 Å². The van der Waals surface area contributed by atoms with Crippen molar-refractivity contribution in [2.45, 2.75) is 44.8 Å². The summed E-state index contributed by atoms with van der Waals surface area (Å²) in [5.41, 5.74) is 4.96. The Morgan fingerprint density at radius 2 is 1.78 bits per heavy atom. The first-order valence-electron chi connectivity index (χ1n) is 12.9. The Bertz CT molecular complexity index is 1100. The molecule has 0 aliphatic carbocycles. The van der Waals surface area contributed by atoms with E-state index in [2.05, 4.69) is 27.7 Å². The minimum Gasteiger partial charge on any atom is -0.379 e. The molecule has 190 valence electrons. The second-order valence-corrected chi connectivity index (χ2v) is 9.90. The van der Waals surface area contributed by atoms with Gasteiger partial charge in [-0.2, -0.15) is 0 Å². The molecule has 0 radical (unpaired) electrons. The summed E-state index contributed by atoms with van der Waals surface area (Å²) in [6, 6.07) is 14.1. The minimum absolute atomic E-state index is 0.0211. The summed E-state index contributed by atoms with van der Waals surface area (Å²) >= 11 is 0. The molecule has 8 nitrogen and oxygen atoms in total. The number of amides is 3. The summed E-state index contributed by atoms with van der Waals surface area (Å²) in [5.74, 6) is 0.0514. The molecule has 2 aromatic carbocycles. The van der Waals surface area contributed by atoms with Crippen LogP contribution in [0, 0.1) is 0 Å². The molecule has 3 amide bonds. The standard InChI is InChI=1S/C28H34N4O4/c33-26-8-6-24(18-30-26)32-19-23-15-22(5-7-25(23)28(32)35)17-29-27(34)16-21-3-1-20(2-4-21)9-10-31-11-13-36-14-12-31/h1-5,7,15,24H,6,8-14,16-19H2,(H,29,34)(H,30,33). The lowest BCUT2D eigenvalue weighted by molar-refractivity contribution is -0.123. The normalized spacial score (nSPS) is 20.2. The lowest BCUT2D eigenvalue weighted by Gasteiger charge is -2.31. The number of nitrogens with one attached hydrogen (secondary N) is 2. The maximum absolute atomic E-state index is 12.8. The Hall–Kier alpha value is -3.23. The van der Waals surface area contributed by atoms with Crippen molar-refractivity contribution < 1.29 is 19.1 Å². The number of carbonyl (C=O) groups excluding carboxylic acids is 3. The van der Waals surface area contributed by atoms with Crippen LogP contribution in [0.1, 0.15) is 45.5 Å². The van der Waals surface area contributed by atoms with Gasteiger partial charge in [0.25, 0.3) is 5.91 Å². The van der Waals surface area contributed by atoms with Crippen LogP contribution in [-0.2, 0) is 40.3 Å². The van der Waals surface area contributed by atoms with Crippen LogP contribution in [0.4, 0.5) is 0 Å². The van der Waals surface area contributed by atoms with Gasteiger partial charge >= 0.3 is 0 Å². The number of hydrogen-bond donors (Lipinski definition) is 2. The summed E-state index contributed by atoms with van der Waals surface area (Å²) in [4.78, 5) is 41.1. The molecule has 0 aromatic heterocycles. The van der Waals surface area contributed by atoms with Gasteiger partial charge in [-0.3, -0.25) is 19.3 Å². The maximum Gasteiger partial charge on any atom is 0.254 e. The molecule has 5 rings (SSSR count). The molecule has 0 bridgehead atoms. The van der Waals surface area contributed by atoms with Crippen LogP contribution < -0.4 is 10.6 Å². The predicted octanol–water partition coefficient (Wildman–Crippen LogP) is 1.65. The van der Waals surface area contributed by atoms with Gasteiger partial charge in [0.05, 0.1) is 25.7 Å². The third-order valence-corrected chi connectivity index (χ3v) is 7.38. The SMILES string of the molecule is O=C1CCC(N2Cc3cc(CNC(=O)Cc4ccc(CCN5CCOCC5)cc4)ccc3C2=O)CN1. The minimum atomic E-state index is -0.0211. The molecular weight excluding hydrogens is 456 g/mol. The zero-order valence-corrected chi connectivity index (χ0v) is 20.6. The smallest absolute Gasteiger partial charge is 0.254 e. The summed E-state index contributed by atoms with van der Waals surface area (Å²) < 4.78 is 5.40. The monoisotopic (exact) mass is 490 g/mol. The van der Waals surface area contributed by atoms with Crippen molar-refractivity contribution in [1.29, 1.82) is 0 Å². The average molecular weight is 491 g/mol. The van der Waals surface area contributed by atoms with E-state index in [1.54, 1.807) is 0 Å². The van der Waals surface area contributed by atoms with Crippen LogP contribution in [0.3, 0.4) is 0 Å². The molecule has 3 heterocycles. The highest BCUT2D eigenvalue weighted by Gasteiger charge is 2.34. The molecule has 36 heavy (non-hydrogen) atoms. The fourth-order valence-corrected chi connectivity index (χ4v) is 5.17. The first kappa shape index (κ1) is 24.5. The van der Waals surface area contributed by atoms with Crippen molar-refractivity contribution in [3.8, 4) is 0 Å². The second kappa shape index (κ2) is 11.2. The van der Waals surface area contributed by atoms with Gasteiger partial charge in [0.15, 0.2) is 0 Å². The topological polar surface area (TPSA) is 91.0 Å². The predicted molar refractivity (Wildman–Crippen MR) is 135 cm³/mol. The van der Waals surface area contributed by atoms with Gasteiger partial charge in [-0.15, -0.1) is 0 Å². The highest BCUT2D eigenvalue weighted by molar-refractivity contribution is 5.98. The van der Waals surface area contributed by atoms with Gasteiger partial charge < -0.3 is 20.3 Å². The zero-order valence-electron chi connectivity index (χ0n) is 20.6. The van der Waals surface area contributed by atoms with Crippen LogP contribution >= 0.6 is 0 Å². The van der Waals surface area contributed by atoms with Gasteiger partial charge in [-0.25, -0.2) is 0 Å². The van der Waals surface area contributed by atoms with E-state index in [4.69, 9.17) is 4.74 Å². The largest absolute Gasteiger partial charge is 0.379 e. The summed E-state index contributed by atoms with van der Waals surface area (Å²) in [6.45, 7) is 6.15. The molecule has 1 unspecified atom stereocenters. The molecule has 3 aliphatic heterocycles. The number of hydrogen-bond acceptors (Lipinski definition) is 5. The summed E-state index contributed by atoms with van der Waals surface area (Å²) in [5, 5.41) is 5.87. The number of morpholine rings is 1. The molecule has 0 saturated carbocycles. The van der Waals surface area contributed by atoms with Crippen LogP contribution in [0.2, 0.25) is 0 Å². The maximum atomic E-state index is 12.8. The Morgan fingerprint density at radius 3 is 2.53 bits per heavy atom. The van der Waals surface area contributed by atoms with E-state index >= 15 is 0 Å². The van der Waals surface area contributed by atoms with Gasteiger partial charge in [0, 0.05) is 51.3 Å². The lowest BCUT2D eigenvalue weighted by Crippen LogP contribution is -2.48. The van der Waals surface area contributed by atoms with Gasteiger partial charge in [-0.1, -0.05) is 36.4 Å². The first-order valence-corrected chi connectivity index (χ1v) is 12.9. The van der Waals surface area contributed by atoms with Crippen molar-refractivity contribution in [2.24, 2.45) is 0 Å². The van der Waals surface area contributed by atoms with E-state index in [1.807, 2.05) is 35.2 Å². The quantitative estimate of drug-likeness (QED) is 0.587. The molecule has 3 aliphatic rings. The summed E-state index contributed by atoms with van der Waals surface area (Å²) in [6.07, 6.45) is 2.50. The third kappa shape index (κ3) is 5.94. The Morgan fingerprint density at radius 1 is 1.03 bits per heavy atom. The Kier molecular flexibility index (Phi) is 7.63. The highest BCUT2D eigenvalue weighted by Crippen LogP contribution is 2.27. The van der Waals surface area contributed by atoms with Crippen LogP contribution in [-0.4, -0.2) is 73.0 Å². The van der Waals surface area contributed by atoms with Crippen LogP contribution in [0.25, 0.3) is 0 Å². The van der Waals surface area contributed by atoms with Crippen molar-refractivity contribution in [3.05, 3.63) is 70.3 Å². The van der Waals surface area contributed by atoms with E-state index in [9.17, 15) is 14.4 Å². The molecule has 8 heteroatoms. The molecule has 1 atom stereocenters. The van der Waals surface area contributed by atoms with Gasteiger partial charge in [0.2, 0.25) is 11.8 Å². The Balaban J connectivity index is 1.09. The fourth-order valence-electron chi connectivity index (χ4n) is 5.17. The van der Waals surface area contributed by atoms with E-state index in [0.29, 0.717) is 38.9 Å². The van der Waals surface area contributed by atoms with Crippen molar-refractivity contribution in [2.75, 3.05) is 39.4 Å². The molecule has 2 fully saturated rings. The molecule has 2 saturated heterocycles. The van der Waals surface area contributed by atoms with Gasteiger partial charge in [0.1, 0.15) is 0 Å². The van der Waals surface area contributed by atoms with Crippen LogP contribution in [0.15, 0.2) is 42.5 Å². The van der Waals surface area contributed by atoms with E-state index in [0.717, 1.165) is 61.5 Å². The van der Waals surface area contributed by atoms with Crippen molar-refractivity contribution >= 4 is 17.7 Å². The third-order valence-electron chi connectivity index (χ3n) is 7.38. The van der Waals surface area contributed by atoms with Crippen LogP contribution in [0.5, 0.6) is 0 Å². The molecule has 2 aromatic rings. The number of benzene rings is 2. The molecule has 2 N–H and O–H groups in total.